The van der Waals surface area contributed by atoms with Crippen molar-refractivity contribution in [2.75, 3.05) is 28.7 Å². The average Bonchev–Trinajstić information content (AvgIpc) is 2.67. The lowest BCUT2D eigenvalue weighted by Gasteiger charge is -2.08. The van der Waals surface area contributed by atoms with Gasteiger partial charge in [-0.2, -0.15) is 0 Å². The van der Waals surface area contributed by atoms with Crippen LogP contribution in [0.4, 0.5) is 11.4 Å². The predicted molar refractivity (Wildman–Crippen MR) is 113 cm³/mol. The lowest BCUT2D eigenvalue weighted by molar-refractivity contribution is -0.144. The lowest BCUT2D eigenvalue weighted by atomic mass is 10.1. The minimum Gasteiger partial charge on any atom is -0.455 e. The number of thioether (sulfide) groups is 1. The van der Waals surface area contributed by atoms with Crippen LogP contribution in [0.1, 0.15) is 22.8 Å². The first kappa shape index (κ1) is 22.2. The molecule has 0 aliphatic carbocycles. The number of ketones is 1. The molecule has 0 atom stereocenters. The smallest absolute Gasteiger partial charge is 0.316 e. The summed E-state index contributed by atoms with van der Waals surface area (Å²) in [6.45, 7) is 2.96. The van der Waals surface area contributed by atoms with Crippen LogP contribution in [0.15, 0.2) is 48.5 Å². The summed E-state index contributed by atoms with van der Waals surface area (Å²) >= 11 is 1.10. The van der Waals surface area contributed by atoms with Gasteiger partial charge in [0, 0.05) is 16.9 Å². The number of aryl methyl sites for hydroxylation is 1. The Bertz CT molecular complexity index is 896. The Labute approximate surface area is 173 Å². The van der Waals surface area contributed by atoms with Crippen LogP contribution in [0, 0.1) is 6.92 Å². The van der Waals surface area contributed by atoms with Crippen molar-refractivity contribution in [1.82, 2.24) is 0 Å². The van der Waals surface area contributed by atoms with Gasteiger partial charge in [-0.05, 0) is 55.8 Å². The Morgan fingerprint density at radius 3 is 2.24 bits per heavy atom. The van der Waals surface area contributed by atoms with Gasteiger partial charge >= 0.3 is 5.97 Å². The molecule has 0 radical (unpaired) electrons. The summed E-state index contributed by atoms with van der Waals surface area (Å²) in [4.78, 5) is 46.6. The third kappa shape index (κ3) is 8.18. The zero-order valence-corrected chi connectivity index (χ0v) is 17.0. The number of nitrogens with one attached hydrogen (secondary N) is 2. The van der Waals surface area contributed by atoms with Crippen molar-refractivity contribution in [1.29, 1.82) is 0 Å². The van der Waals surface area contributed by atoms with E-state index >= 15 is 0 Å². The molecular weight excluding hydrogens is 392 g/mol. The maximum Gasteiger partial charge on any atom is 0.316 e. The van der Waals surface area contributed by atoms with E-state index in [4.69, 9.17) is 4.74 Å². The standard InChI is InChI=1S/C21H22N2O5S/c1-14-4-3-5-18(10-14)23-20(26)12-29-13-21(27)28-11-19(25)22-17-8-6-16(7-9-17)15(2)24/h3-10H,11-13H2,1-2H3,(H,22,25)(H,23,26). The van der Waals surface area contributed by atoms with Gasteiger partial charge in [0.05, 0.1) is 11.5 Å². The van der Waals surface area contributed by atoms with Gasteiger partial charge in [0.15, 0.2) is 12.4 Å². The highest BCUT2D eigenvalue weighted by atomic mass is 32.2. The maximum atomic E-state index is 11.9. The number of hydrogen-bond acceptors (Lipinski definition) is 6. The second-order valence-corrected chi connectivity index (χ2v) is 7.24. The molecular formula is C21H22N2O5S. The third-order valence-electron chi connectivity index (χ3n) is 3.69. The molecule has 2 N–H and O–H groups in total. The molecule has 0 bridgehead atoms. The fraction of sp³-hybridized carbons (Fsp3) is 0.238. The van der Waals surface area contributed by atoms with Crippen LogP contribution in [0.2, 0.25) is 0 Å². The van der Waals surface area contributed by atoms with Gasteiger partial charge in [0.25, 0.3) is 5.91 Å². The van der Waals surface area contributed by atoms with Crippen molar-refractivity contribution in [3.8, 4) is 0 Å². The monoisotopic (exact) mass is 414 g/mol. The van der Waals surface area contributed by atoms with Crippen molar-refractivity contribution < 1.29 is 23.9 Å². The fourth-order valence-electron chi connectivity index (χ4n) is 2.32. The molecule has 152 valence electrons. The Morgan fingerprint density at radius 1 is 0.897 bits per heavy atom. The molecule has 8 heteroatoms. The summed E-state index contributed by atoms with van der Waals surface area (Å²) < 4.78 is 4.90. The van der Waals surface area contributed by atoms with Crippen LogP contribution in [-0.4, -0.2) is 41.7 Å². The van der Waals surface area contributed by atoms with E-state index in [1.807, 2.05) is 25.1 Å². The van der Waals surface area contributed by atoms with E-state index in [1.54, 1.807) is 30.3 Å². The Morgan fingerprint density at radius 2 is 1.59 bits per heavy atom. The van der Waals surface area contributed by atoms with Gasteiger partial charge in [0.1, 0.15) is 0 Å². The van der Waals surface area contributed by atoms with Gasteiger partial charge in [-0.1, -0.05) is 12.1 Å². The first-order chi connectivity index (χ1) is 13.8. The molecule has 0 aromatic heterocycles. The second kappa shape index (κ2) is 11.0. The van der Waals surface area contributed by atoms with Gasteiger partial charge in [-0.25, -0.2) is 0 Å². The van der Waals surface area contributed by atoms with Crippen molar-refractivity contribution in [2.45, 2.75) is 13.8 Å². The molecule has 0 aliphatic heterocycles. The normalized spacial score (nSPS) is 10.1. The molecule has 2 amide bonds. The molecule has 2 aromatic carbocycles. The molecule has 0 fully saturated rings. The van der Waals surface area contributed by atoms with Crippen LogP contribution < -0.4 is 10.6 Å². The lowest BCUT2D eigenvalue weighted by Crippen LogP contribution is -2.22. The van der Waals surface area contributed by atoms with Crippen LogP contribution in [-0.2, 0) is 19.1 Å². The SMILES string of the molecule is CC(=O)c1ccc(NC(=O)COC(=O)CSCC(=O)Nc2cccc(C)c2)cc1. The molecule has 0 saturated heterocycles. The Hall–Kier alpha value is -3.13. The summed E-state index contributed by atoms with van der Waals surface area (Å²) in [6.07, 6.45) is 0. The first-order valence-electron chi connectivity index (χ1n) is 8.84. The quantitative estimate of drug-likeness (QED) is 0.483. The van der Waals surface area contributed by atoms with E-state index in [1.165, 1.54) is 6.92 Å². The van der Waals surface area contributed by atoms with Crippen LogP contribution >= 0.6 is 11.8 Å². The molecule has 0 aliphatic rings. The second-order valence-electron chi connectivity index (χ2n) is 6.25. The highest BCUT2D eigenvalue weighted by molar-refractivity contribution is 8.00. The highest BCUT2D eigenvalue weighted by Crippen LogP contribution is 2.11. The third-order valence-corrected chi connectivity index (χ3v) is 4.60. The summed E-state index contributed by atoms with van der Waals surface area (Å²) in [5.74, 6) is -1.31. The highest BCUT2D eigenvalue weighted by Gasteiger charge is 2.10. The number of amides is 2. The van der Waals surface area contributed by atoms with Gasteiger partial charge < -0.3 is 15.4 Å². The van der Waals surface area contributed by atoms with E-state index in [0.717, 1.165) is 17.3 Å². The van der Waals surface area contributed by atoms with Gasteiger partial charge in [0.2, 0.25) is 5.91 Å². The van der Waals surface area contributed by atoms with E-state index in [9.17, 15) is 19.2 Å². The summed E-state index contributed by atoms with van der Waals surface area (Å²) in [6, 6.07) is 13.8. The molecule has 2 aromatic rings. The van der Waals surface area contributed by atoms with E-state index in [0.29, 0.717) is 16.9 Å². The zero-order valence-electron chi connectivity index (χ0n) is 16.2. The van der Waals surface area contributed by atoms with Crippen LogP contribution in [0.3, 0.4) is 0 Å². The van der Waals surface area contributed by atoms with Crippen molar-refractivity contribution in [3.63, 3.8) is 0 Å². The summed E-state index contributed by atoms with van der Waals surface area (Å²) in [5.41, 5.74) is 2.77. The van der Waals surface area contributed by atoms with Gasteiger partial charge in [-0.3, -0.25) is 19.2 Å². The predicted octanol–water partition coefficient (Wildman–Crippen LogP) is 3.05. The number of anilines is 2. The average molecular weight is 414 g/mol. The number of ether oxygens (including phenoxy) is 1. The molecule has 29 heavy (non-hydrogen) atoms. The Balaban J connectivity index is 1.64. The molecule has 0 heterocycles. The topological polar surface area (TPSA) is 102 Å². The number of carbonyl (C=O) groups excluding carboxylic acids is 4. The number of esters is 1. The molecule has 0 spiro atoms. The van der Waals surface area contributed by atoms with Crippen molar-refractivity contribution in [3.05, 3.63) is 59.7 Å². The number of benzene rings is 2. The summed E-state index contributed by atoms with van der Waals surface area (Å²) in [7, 11) is 0. The number of Topliss-reactive ketones (excluding diaryl/α,β-unsaturated/α-hetero) is 1. The molecule has 2 rings (SSSR count). The van der Waals surface area contributed by atoms with E-state index in [-0.39, 0.29) is 23.2 Å². The number of hydrogen-bond donors (Lipinski definition) is 2. The van der Waals surface area contributed by atoms with Crippen LogP contribution in [0.25, 0.3) is 0 Å². The number of rotatable bonds is 9. The zero-order chi connectivity index (χ0) is 21.2. The largest absolute Gasteiger partial charge is 0.455 e. The molecule has 7 nitrogen and oxygen atoms in total. The number of carbonyl (C=O) groups is 4. The van der Waals surface area contributed by atoms with Crippen molar-refractivity contribution in [2.24, 2.45) is 0 Å². The van der Waals surface area contributed by atoms with Crippen molar-refractivity contribution >= 4 is 46.7 Å². The minimum atomic E-state index is -0.583. The van der Waals surface area contributed by atoms with E-state index < -0.39 is 18.5 Å². The first-order valence-corrected chi connectivity index (χ1v) is 9.99. The van der Waals surface area contributed by atoms with E-state index in [2.05, 4.69) is 10.6 Å². The molecule has 0 saturated carbocycles. The Kier molecular flexibility index (Phi) is 8.42. The molecule has 0 unspecified atom stereocenters. The summed E-state index contributed by atoms with van der Waals surface area (Å²) in [5, 5.41) is 5.32. The minimum absolute atomic E-state index is 0.0399. The van der Waals surface area contributed by atoms with Crippen LogP contribution in [0.5, 0.6) is 0 Å². The fourth-order valence-corrected chi connectivity index (χ4v) is 2.93. The van der Waals surface area contributed by atoms with Gasteiger partial charge in [-0.15, -0.1) is 11.8 Å². The maximum absolute atomic E-state index is 11.9.